The molecule has 1 saturated carbocycles. The Bertz CT molecular complexity index is 215. The van der Waals surface area contributed by atoms with Crippen molar-refractivity contribution in [3.63, 3.8) is 0 Å². The predicted molar refractivity (Wildman–Crippen MR) is 63.9 cm³/mol. The zero-order valence-electron chi connectivity index (χ0n) is 10.2. The van der Waals surface area contributed by atoms with Gasteiger partial charge in [-0.3, -0.25) is 4.90 Å². The molecule has 1 unspecified atom stereocenters. The van der Waals surface area contributed by atoms with E-state index in [-0.39, 0.29) is 5.54 Å². The van der Waals surface area contributed by atoms with E-state index in [1.165, 1.54) is 38.8 Å². The maximum absolute atomic E-state index is 6.03. The lowest BCUT2D eigenvalue weighted by Gasteiger charge is -2.47. The molecule has 1 atom stereocenters. The standard InChI is InChI=1S/C12H25N3/c1-14-7-3-6-12(9-13,10-14)15(2)8-11-4-5-11/h11H,3-10,13H2,1-2H3. The van der Waals surface area contributed by atoms with Gasteiger partial charge in [0.25, 0.3) is 0 Å². The molecule has 2 fully saturated rings. The van der Waals surface area contributed by atoms with Crippen molar-refractivity contribution >= 4 is 0 Å². The van der Waals surface area contributed by atoms with Gasteiger partial charge in [0, 0.05) is 25.2 Å². The summed E-state index contributed by atoms with van der Waals surface area (Å²) in [5, 5.41) is 0. The second-order valence-corrected chi connectivity index (χ2v) is 5.59. The van der Waals surface area contributed by atoms with Crippen molar-refractivity contribution in [1.82, 2.24) is 9.80 Å². The SMILES string of the molecule is CN1CCCC(CN)(N(C)CC2CC2)C1. The molecule has 0 aromatic carbocycles. The van der Waals surface area contributed by atoms with Gasteiger partial charge in [-0.05, 0) is 52.2 Å². The molecule has 0 aromatic heterocycles. The quantitative estimate of drug-likeness (QED) is 0.745. The number of rotatable bonds is 4. The van der Waals surface area contributed by atoms with E-state index in [4.69, 9.17) is 5.73 Å². The molecule has 0 radical (unpaired) electrons. The largest absolute Gasteiger partial charge is 0.329 e. The number of hydrogen-bond acceptors (Lipinski definition) is 3. The first kappa shape index (κ1) is 11.4. The van der Waals surface area contributed by atoms with Gasteiger partial charge in [0.1, 0.15) is 0 Å². The summed E-state index contributed by atoms with van der Waals surface area (Å²) in [4.78, 5) is 4.97. The van der Waals surface area contributed by atoms with E-state index >= 15 is 0 Å². The number of nitrogens with zero attached hydrogens (tertiary/aromatic N) is 2. The number of likely N-dealkylation sites (N-methyl/N-ethyl adjacent to an activating group) is 2. The molecular weight excluding hydrogens is 186 g/mol. The van der Waals surface area contributed by atoms with Crippen LogP contribution in [0.4, 0.5) is 0 Å². The molecule has 1 heterocycles. The van der Waals surface area contributed by atoms with E-state index in [2.05, 4.69) is 23.9 Å². The molecule has 3 heteroatoms. The zero-order chi connectivity index (χ0) is 10.9. The van der Waals surface area contributed by atoms with Crippen LogP contribution in [-0.4, -0.2) is 55.6 Å². The topological polar surface area (TPSA) is 32.5 Å². The first-order valence-electron chi connectivity index (χ1n) is 6.26. The highest BCUT2D eigenvalue weighted by atomic mass is 15.3. The van der Waals surface area contributed by atoms with Gasteiger partial charge in [-0.2, -0.15) is 0 Å². The average molecular weight is 211 g/mol. The van der Waals surface area contributed by atoms with Crippen LogP contribution in [-0.2, 0) is 0 Å². The summed E-state index contributed by atoms with van der Waals surface area (Å²) in [5.41, 5.74) is 6.29. The average Bonchev–Trinajstić information content (AvgIpc) is 3.01. The normalized spacial score (nSPS) is 33.6. The van der Waals surface area contributed by atoms with Crippen LogP contribution in [0.25, 0.3) is 0 Å². The van der Waals surface area contributed by atoms with Crippen LogP contribution in [0, 0.1) is 5.92 Å². The van der Waals surface area contributed by atoms with Crippen molar-refractivity contribution < 1.29 is 0 Å². The van der Waals surface area contributed by atoms with Crippen molar-refractivity contribution in [1.29, 1.82) is 0 Å². The van der Waals surface area contributed by atoms with Gasteiger partial charge in [-0.1, -0.05) is 0 Å². The van der Waals surface area contributed by atoms with E-state index in [1.807, 2.05) is 0 Å². The summed E-state index contributed by atoms with van der Waals surface area (Å²) in [5.74, 6) is 0.964. The molecule has 2 aliphatic rings. The first-order valence-corrected chi connectivity index (χ1v) is 6.26. The van der Waals surface area contributed by atoms with Gasteiger partial charge in [0.15, 0.2) is 0 Å². The molecule has 88 valence electrons. The Kier molecular flexibility index (Phi) is 3.33. The van der Waals surface area contributed by atoms with E-state index in [0.29, 0.717) is 0 Å². The number of piperidine rings is 1. The minimum absolute atomic E-state index is 0.260. The van der Waals surface area contributed by atoms with Crippen LogP contribution in [0.1, 0.15) is 25.7 Å². The van der Waals surface area contributed by atoms with Gasteiger partial charge >= 0.3 is 0 Å². The maximum Gasteiger partial charge on any atom is 0.0455 e. The third-order valence-electron chi connectivity index (χ3n) is 4.16. The van der Waals surface area contributed by atoms with Crippen molar-refractivity contribution in [3.05, 3.63) is 0 Å². The second kappa shape index (κ2) is 4.40. The Morgan fingerprint density at radius 2 is 2.20 bits per heavy atom. The second-order valence-electron chi connectivity index (χ2n) is 5.59. The summed E-state index contributed by atoms with van der Waals surface area (Å²) in [7, 11) is 4.48. The highest BCUT2D eigenvalue weighted by molar-refractivity contribution is 4.97. The van der Waals surface area contributed by atoms with Crippen LogP contribution in [0.5, 0.6) is 0 Å². The molecule has 2 N–H and O–H groups in total. The molecule has 1 aliphatic carbocycles. The minimum atomic E-state index is 0.260. The summed E-state index contributed by atoms with van der Waals surface area (Å²) >= 11 is 0. The summed E-state index contributed by atoms with van der Waals surface area (Å²) in [6, 6.07) is 0. The molecule has 0 amide bonds. The number of likely N-dealkylation sites (tertiary alicyclic amines) is 1. The fraction of sp³-hybridized carbons (Fsp3) is 1.00. The van der Waals surface area contributed by atoms with Crippen LogP contribution in [0.2, 0.25) is 0 Å². The van der Waals surface area contributed by atoms with E-state index < -0.39 is 0 Å². The number of nitrogens with two attached hydrogens (primary N) is 1. The molecule has 0 aromatic rings. The lowest BCUT2D eigenvalue weighted by Crippen LogP contribution is -2.61. The van der Waals surface area contributed by atoms with E-state index in [0.717, 1.165) is 19.0 Å². The monoisotopic (exact) mass is 211 g/mol. The Labute approximate surface area is 93.6 Å². The Balaban J connectivity index is 1.97. The van der Waals surface area contributed by atoms with Crippen molar-refractivity contribution in [2.75, 3.05) is 40.3 Å². The summed E-state index contributed by atoms with van der Waals surface area (Å²) < 4.78 is 0. The van der Waals surface area contributed by atoms with Gasteiger partial charge in [0.05, 0.1) is 0 Å². The van der Waals surface area contributed by atoms with Crippen LogP contribution in [0.15, 0.2) is 0 Å². The minimum Gasteiger partial charge on any atom is -0.329 e. The molecule has 15 heavy (non-hydrogen) atoms. The number of hydrogen-bond donors (Lipinski definition) is 1. The highest BCUT2D eigenvalue weighted by Crippen LogP contribution is 2.33. The smallest absolute Gasteiger partial charge is 0.0455 e. The highest BCUT2D eigenvalue weighted by Gasteiger charge is 2.38. The third kappa shape index (κ3) is 2.52. The first-order chi connectivity index (χ1) is 7.16. The van der Waals surface area contributed by atoms with Gasteiger partial charge in [-0.15, -0.1) is 0 Å². The fourth-order valence-corrected chi connectivity index (χ4v) is 2.85. The Morgan fingerprint density at radius 3 is 2.73 bits per heavy atom. The van der Waals surface area contributed by atoms with E-state index in [9.17, 15) is 0 Å². The fourth-order valence-electron chi connectivity index (χ4n) is 2.85. The van der Waals surface area contributed by atoms with Gasteiger partial charge in [0.2, 0.25) is 0 Å². The predicted octanol–water partition coefficient (Wildman–Crippen LogP) is 0.751. The maximum atomic E-state index is 6.03. The Hall–Kier alpha value is -0.120. The lowest BCUT2D eigenvalue weighted by atomic mass is 9.87. The van der Waals surface area contributed by atoms with Crippen molar-refractivity contribution in [2.45, 2.75) is 31.2 Å². The lowest BCUT2D eigenvalue weighted by molar-refractivity contribution is 0.0419. The van der Waals surface area contributed by atoms with Crippen LogP contribution >= 0.6 is 0 Å². The van der Waals surface area contributed by atoms with Crippen molar-refractivity contribution in [2.24, 2.45) is 11.7 Å². The molecule has 3 nitrogen and oxygen atoms in total. The van der Waals surface area contributed by atoms with Crippen LogP contribution < -0.4 is 5.73 Å². The summed E-state index contributed by atoms with van der Waals surface area (Å²) in [6.07, 6.45) is 5.43. The molecule has 0 bridgehead atoms. The summed E-state index contributed by atoms with van der Waals surface area (Å²) in [6.45, 7) is 4.44. The van der Waals surface area contributed by atoms with Gasteiger partial charge in [-0.25, -0.2) is 0 Å². The van der Waals surface area contributed by atoms with Crippen molar-refractivity contribution in [3.8, 4) is 0 Å². The molecule has 2 rings (SSSR count). The van der Waals surface area contributed by atoms with Gasteiger partial charge < -0.3 is 10.6 Å². The molecular formula is C12H25N3. The van der Waals surface area contributed by atoms with E-state index in [1.54, 1.807) is 0 Å². The molecule has 0 spiro atoms. The molecule has 1 aliphatic heterocycles. The molecule has 1 saturated heterocycles. The third-order valence-corrected chi connectivity index (χ3v) is 4.16. The zero-order valence-corrected chi connectivity index (χ0v) is 10.2. The van der Waals surface area contributed by atoms with Crippen LogP contribution in [0.3, 0.4) is 0 Å². The Morgan fingerprint density at radius 1 is 1.47 bits per heavy atom.